The van der Waals surface area contributed by atoms with Crippen LogP contribution in [0.15, 0.2) is 29.2 Å². The van der Waals surface area contributed by atoms with Crippen LogP contribution >= 0.6 is 11.3 Å². The van der Waals surface area contributed by atoms with E-state index in [1.165, 1.54) is 5.57 Å². The second kappa shape index (κ2) is 7.09. The lowest BCUT2D eigenvalue weighted by molar-refractivity contribution is -0.132. The fraction of sp³-hybridized carbons (Fsp3) is 0.579. The zero-order valence-electron chi connectivity index (χ0n) is 14.6. The van der Waals surface area contributed by atoms with E-state index in [4.69, 9.17) is 0 Å². The summed E-state index contributed by atoms with van der Waals surface area (Å²) in [6.45, 7) is 7.27. The average molecular weight is 346 g/mol. The molecule has 0 radical (unpaired) electrons. The van der Waals surface area contributed by atoms with Crippen LogP contribution in [0.2, 0.25) is 0 Å². The van der Waals surface area contributed by atoms with E-state index in [2.05, 4.69) is 19.9 Å². The van der Waals surface area contributed by atoms with Gasteiger partial charge in [0.15, 0.2) is 0 Å². The molecule has 3 heterocycles. The molecule has 130 valence electrons. The molecule has 2 fully saturated rings. The summed E-state index contributed by atoms with van der Waals surface area (Å²) < 4.78 is 0. The number of rotatable bonds is 4. The summed E-state index contributed by atoms with van der Waals surface area (Å²) in [5.41, 5.74) is 1.34. The molecule has 2 aliphatic rings. The van der Waals surface area contributed by atoms with Crippen molar-refractivity contribution in [3.05, 3.63) is 34.0 Å². The van der Waals surface area contributed by atoms with E-state index in [1.807, 2.05) is 27.3 Å². The van der Waals surface area contributed by atoms with Crippen molar-refractivity contribution in [3.63, 3.8) is 0 Å². The van der Waals surface area contributed by atoms with E-state index in [-0.39, 0.29) is 17.2 Å². The zero-order chi connectivity index (χ0) is 17.2. The Balaban J connectivity index is 1.54. The summed E-state index contributed by atoms with van der Waals surface area (Å²) in [7, 11) is 0. The van der Waals surface area contributed by atoms with Gasteiger partial charge in [0.1, 0.15) is 0 Å². The van der Waals surface area contributed by atoms with E-state index >= 15 is 0 Å². The second-order valence-electron chi connectivity index (χ2n) is 7.37. The highest BCUT2D eigenvalue weighted by Gasteiger charge is 2.44. The Morgan fingerprint density at radius 2 is 2.08 bits per heavy atom. The van der Waals surface area contributed by atoms with Crippen molar-refractivity contribution in [1.29, 1.82) is 0 Å². The highest BCUT2D eigenvalue weighted by Crippen LogP contribution is 2.41. The fourth-order valence-corrected chi connectivity index (χ4v) is 4.38. The molecule has 1 spiro atoms. The third-order valence-corrected chi connectivity index (χ3v) is 6.08. The highest BCUT2D eigenvalue weighted by atomic mass is 32.1. The first-order valence-corrected chi connectivity index (χ1v) is 9.57. The lowest BCUT2D eigenvalue weighted by atomic mass is 9.77. The van der Waals surface area contributed by atoms with Crippen molar-refractivity contribution in [2.75, 3.05) is 26.2 Å². The molecule has 0 unspecified atom stereocenters. The SMILES string of the molecule is CC(C)=CCN1CC2(CCN(C(=O)Cc3cccs3)CC2)CC1=O. The van der Waals surface area contributed by atoms with Crippen molar-refractivity contribution in [2.45, 2.75) is 39.5 Å². The first-order valence-electron chi connectivity index (χ1n) is 8.69. The Labute approximate surface area is 148 Å². The van der Waals surface area contributed by atoms with Crippen LogP contribution < -0.4 is 0 Å². The van der Waals surface area contributed by atoms with Crippen LogP contribution in [0.4, 0.5) is 0 Å². The molecule has 2 aliphatic heterocycles. The zero-order valence-corrected chi connectivity index (χ0v) is 15.4. The molecule has 4 nitrogen and oxygen atoms in total. The molecule has 2 amide bonds. The van der Waals surface area contributed by atoms with Crippen LogP contribution in [-0.4, -0.2) is 47.8 Å². The van der Waals surface area contributed by atoms with Gasteiger partial charge in [0.05, 0.1) is 6.42 Å². The quantitative estimate of drug-likeness (QED) is 0.786. The van der Waals surface area contributed by atoms with Crippen LogP contribution in [0.5, 0.6) is 0 Å². The maximum atomic E-state index is 12.4. The number of amides is 2. The van der Waals surface area contributed by atoms with Crippen molar-refractivity contribution >= 4 is 23.2 Å². The van der Waals surface area contributed by atoms with Crippen LogP contribution in [-0.2, 0) is 16.0 Å². The summed E-state index contributed by atoms with van der Waals surface area (Å²) in [5.74, 6) is 0.490. The largest absolute Gasteiger partial charge is 0.342 e. The van der Waals surface area contributed by atoms with Gasteiger partial charge in [-0.25, -0.2) is 0 Å². The van der Waals surface area contributed by atoms with Gasteiger partial charge in [-0.05, 0) is 38.1 Å². The normalized spacial score (nSPS) is 19.8. The number of hydrogen-bond donors (Lipinski definition) is 0. The molecule has 24 heavy (non-hydrogen) atoms. The van der Waals surface area contributed by atoms with E-state index in [9.17, 15) is 9.59 Å². The summed E-state index contributed by atoms with van der Waals surface area (Å²) >= 11 is 1.64. The number of allylic oxidation sites excluding steroid dienone is 1. The number of hydrogen-bond acceptors (Lipinski definition) is 3. The lowest BCUT2D eigenvalue weighted by Crippen LogP contribution is -2.44. The van der Waals surface area contributed by atoms with Crippen LogP contribution in [0.25, 0.3) is 0 Å². The standard InChI is InChI=1S/C19H26N2O2S/c1-15(2)5-8-21-14-19(13-18(21)23)6-9-20(10-7-19)17(22)12-16-4-3-11-24-16/h3-5,11H,6-10,12-14H2,1-2H3. The Kier molecular flexibility index (Phi) is 5.09. The average Bonchev–Trinajstić information content (AvgIpc) is 3.14. The predicted octanol–water partition coefficient (Wildman–Crippen LogP) is 3.10. The number of piperidine rings is 1. The van der Waals surface area contributed by atoms with Crippen LogP contribution in [0.3, 0.4) is 0 Å². The molecule has 0 bridgehead atoms. The Morgan fingerprint density at radius 1 is 1.33 bits per heavy atom. The molecule has 5 heteroatoms. The van der Waals surface area contributed by atoms with Gasteiger partial charge in [-0.15, -0.1) is 11.3 Å². The molecule has 1 aromatic heterocycles. The van der Waals surface area contributed by atoms with Gasteiger partial charge in [0.25, 0.3) is 0 Å². The minimum Gasteiger partial charge on any atom is -0.342 e. The lowest BCUT2D eigenvalue weighted by Gasteiger charge is -2.38. The third kappa shape index (κ3) is 3.89. The summed E-state index contributed by atoms with van der Waals surface area (Å²) in [4.78, 5) is 29.8. The minimum absolute atomic E-state index is 0.0896. The Hall–Kier alpha value is -1.62. The molecular weight excluding hydrogens is 320 g/mol. The van der Waals surface area contributed by atoms with Gasteiger partial charge in [0.2, 0.25) is 11.8 Å². The van der Waals surface area contributed by atoms with Gasteiger partial charge in [0, 0.05) is 42.9 Å². The first-order chi connectivity index (χ1) is 11.5. The molecule has 2 saturated heterocycles. The number of likely N-dealkylation sites (tertiary alicyclic amines) is 2. The summed E-state index contributed by atoms with van der Waals surface area (Å²) in [5, 5.41) is 2.01. The maximum Gasteiger partial charge on any atom is 0.227 e. The van der Waals surface area contributed by atoms with Crippen molar-refractivity contribution < 1.29 is 9.59 Å². The Morgan fingerprint density at radius 3 is 2.71 bits per heavy atom. The van der Waals surface area contributed by atoms with Gasteiger partial charge < -0.3 is 9.80 Å². The van der Waals surface area contributed by atoms with E-state index in [0.717, 1.165) is 43.9 Å². The summed E-state index contributed by atoms with van der Waals surface area (Å²) in [6, 6.07) is 4.01. The van der Waals surface area contributed by atoms with Gasteiger partial charge in [-0.1, -0.05) is 17.7 Å². The van der Waals surface area contributed by atoms with Gasteiger partial charge in [-0.2, -0.15) is 0 Å². The third-order valence-electron chi connectivity index (χ3n) is 5.21. The minimum atomic E-state index is 0.0896. The topological polar surface area (TPSA) is 40.6 Å². The molecule has 0 aromatic carbocycles. The predicted molar refractivity (Wildman–Crippen MR) is 96.9 cm³/mol. The van der Waals surface area contributed by atoms with Crippen LogP contribution in [0, 0.1) is 5.41 Å². The molecule has 1 aromatic rings. The smallest absolute Gasteiger partial charge is 0.227 e. The second-order valence-corrected chi connectivity index (χ2v) is 8.40. The Bertz CT molecular complexity index is 624. The van der Waals surface area contributed by atoms with Crippen molar-refractivity contribution in [3.8, 4) is 0 Å². The molecular formula is C19H26N2O2S. The van der Waals surface area contributed by atoms with E-state index in [0.29, 0.717) is 12.8 Å². The number of nitrogens with zero attached hydrogens (tertiary/aromatic N) is 2. The van der Waals surface area contributed by atoms with Gasteiger partial charge in [-0.3, -0.25) is 9.59 Å². The number of thiophene rings is 1. The first kappa shape index (κ1) is 17.2. The highest BCUT2D eigenvalue weighted by molar-refractivity contribution is 7.10. The van der Waals surface area contributed by atoms with Gasteiger partial charge >= 0.3 is 0 Å². The molecule has 0 N–H and O–H groups in total. The van der Waals surface area contributed by atoms with Crippen molar-refractivity contribution in [2.24, 2.45) is 5.41 Å². The molecule has 0 aliphatic carbocycles. The number of carbonyl (C=O) groups excluding carboxylic acids is 2. The van der Waals surface area contributed by atoms with Crippen LogP contribution in [0.1, 0.15) is 38.0 Å². The molecule has 0 saturated carbocycles. The monoisotopic (exact) mass is 346 g/mol. The van der Waals surface area contributed by atoms with E-state index < -0.39 is 0 Å². The number of carbonyl (C=O) groups is 2. The maximum absolute atomic E-state index is 12.4. The van der Waals surface area contributed by atoms with Crippen molar-refractivity contribution in [1.82, 2.24) is 9.80 Å². The fourth-order valence-electron chi connectivity index (χ4n) is 3.68. The molecule has 3 rings (SSSR count). The van der Waals surface area contributed by atoms with E-state index in [1.54, 1.807) is 11.3 Å². The summed E-state index contributed by atoms with van der Waals surface area (Å²) in [6.07, 6.45) is 5.17. The molecule has 0 atom stereocenters.